The largest absolute Gasteiger partial charge is 0.309 e. The molecular weight excluding hydrogens is 917 g/mol. The third-order valence-electron chi connectivity index (χ3n) is 14.6. The molecule has 11 heterocycles. The van der Waals surface area contributed by atoms with Crippen LogP contribution in [0.15, 0.2) is 219 Å². The molecule has 0 aliphatic rings. The number of fused-ring (bicyclic) bond motifs is 13. The van der Waals surface area contributed by atoms with E-state index in [2.05, 4.69) is 171 Å². The second-order valence-corrected chi connectivity index (χ2v) is 19.4. The van der Waals surface area contributed by atoms with Crippen molar-refractivity contribution in [1.82, 2.24) is 48.2 Å². The summed E-state index contributed by atoms with van der Waals surface area (Å²) in [6, 6.07) is 58.2. The van der Waals surface area contributed by atoms with E-state index in [0.29, 0.717) is 0 Å². The molecule has 0 N–H and O–H groups in total. The molecule has 0 atom stereocenters. The molecule has 0 unspecified atom stereocenters. The summed E-state index contributed by atoms with van der Waals surface area (Å²) >= 11 is 1.76. The fourth-order valence-electron chi connectivity index (χ4n) is 11.4. The number of benzene rings is 5. The van der Waals surface area contributed by atoms with E-state index in [9.17, 15) is 0 Å². The van der Waals surface area contributed by atoms with Gasteiger partial charge >= 0.3 is 0 Å². The smallest absolute Gasteiger partial charge is 0.145 e. The first-order valence-electron chi connectivity index (χ1n) is 24.1. The van der Waals surface area contributed by atoms with Crippen LogP contribution in [0.4, 0.5) is 0 Å². The van der Waals surface area contributed by atoms with Crippen molar-refractivity contribution in [2.45, 2.75) is 0 Å². The van der Waals surface area contributed by atoms with E-state index in [1.807, 2.05) is 86.0 Å². The molecule has 11 aromatic heterocycles. The van der Waals surface area contributed by atoms with Gasteiger partial charge in [0.1, 0.15) is 11.3 Å². The van der Waals surface area contributed by atoms with Crippen molar-refractivity contribution in [3.63, 3.8) is 0 Å². The van der Waals surface area contributed by atoms with E-state index in [-0.39, 0.29) is 0 Å². The quantitative estimate of drug-likeness (QED) is 0.165. The van der Waals surface area contributed by atoms with E-state index in [1.54, 1.807) is 11.3 Å². The maximum atomic E-state index is 4.96. The molecule has 0 aliphatic heterocycles. The molecule has 0 bridgehead atoms. The Bertz CT molecular complexity index is 4930. The number of aromatic nitrogens is 10. The van der Waals surface area contributed by atoms with Crippen LogP contribution in [-0.4, -0.2) is 48.2 Å². The highest BCUT2D eigenvalue weighted by atomic mass is 32.1. The minimum atomic E-state index is 0.906. The van der Waals surface area contributed by atoms with Crippen molar-refractivity contribution in [1.29, 1.82) is 0 Å². The molecular formula is C62H36N10S. The zero-order chi connectivity index (χ0) is 47.7. The van der Waals surface area contributed by atoms with Gasteiger partial charge in [0.25, 0.3) is 0 Å². The topological polar surface area (TPSA) is 97.1 Å². The fraction of sp³-hybridized carbons (Fsp3) is 0. The van der Waals surface area contributed by atoms with E-state index >= 15 is 0 Å². The fourth-order valence-corrected chi connectivity index (χ4v) is 12.3. The highest BCUT2D eigenvalue weighted by Gasteiger charge is 2.22. The van der Waals surface area contributed by atoms with Crippen LogP contribution in [0.2, 0.25) is 0 Å². The highest BCUT2D eigenvalue weighted by Crippen LogP contribution is 2.42. The van der Waals surface area contributed by atoms with Crippen molar-refractivity contribution in [2.24, 2.45) is 0 Å². The third kappa shape index (κ3) is 5.85. The summed E-state index contributed by atoms with van der Waals surface area (Å²) in [5.74, 6) is 0. The van der Waals surface area contributed by atoms with Gasteiger partial charge in [-0.3, -0.25) is 29.1 Å². The van der Waals surface area contributed by atoms with Gasteiger partial charge in [-0.2, -0.15) is 0 Å². The standard InChI is InChI=1S/C62H36N10S/c1-3-23-65-51(9-1)37-11-16-54-44(29-37)42-7-5-25-67-61(42)70(54)40-13-18-53-46(31-40)49-34-63-27-21-57(49)69(53)39-15-20-60-48(33-39)59(36-73-60)72-56-19-14-41(32-47(56)50-35-64-28-22-58(50)72)71-55-17-12-38(52-10-2-4-24-66-52)30-45(55)43-8-6-26-68-62(43)71/h1-36H. The van der Waals surface area contributed by atoms with Gasteiger partial charge in [-0.15, -0.1) is 11.3 Å². The molecule has 340 valence electrons. The van der Waals surface area contributed by atoms with Crippen molar-refractivity contribution in [3.05, 3.63) is 219 Å². The zero-order valence-electron chi connectivity index (χ0n) is 38.7. The first-order valence-corrected chi connectivity index (χ1v) is 25.0. The lowest BCUT2D eigenvalue weighted by molar-refractivity contribution is 1.13. The van der Waals surface area contributed by atoms with Gasteiger partial charge in [-0.1, -0.05) is 24.3 Å². The van der Waals surface area contributed by atoms with Crippen LogP contribution < -0.4 is 0 Å². The number of thiophene rings is 1. The normalized spacial score (nSPS) is 12.1. The van der Waals surface area contributed by atoms with Crippen molar-refractivity contribution < 1.29 is 0 Å². The Hall–Kier alpha value is -9.84. The molecule has 0 aliphatic carbocycles. The molecule has 0 amide bonds. The Morgan fingerprint density at radius 1 is 0.315 bits per heavy atom. The van der Waals surface area contributed by atoms with Gasteiger partial charge in [0.2, 0.25) is 0 Å². The molecule has 11 heteroatoms. The number of hydrogen-bond donors (Lipinski definition) is 0. The molecule has 5 aromatic carbocycles. The predicted octanol–water partition coefficient (Wildman–Crippen LogP) is 15.0. The van der Waals surface area contributed by atoms with Crippen LogP contribution in [0.3, 0.4) is 0 Å². The Morgan fingerprint density at radius 3 is 1.36 bits per heavy atom. The molecule has 0 radical (unpaired) electrons. The number of nitrogens with zero attached hydrogens (tertiary/aromatic N) is 10. The molecule has 10 nitrogen and oxygen atoms in total. The maximum absolute atomic E-state index is 4.96. The van der Waals surface area contributed by atoms with Crippen LogP contribution in [0.1, 0.15) is 0 Å². The molecule has 0 spiro atoms. The summed E-state index contributed by atoms with van der Waals surface area (Å²) in [7, 11) is 0. The summed E-state index contributed by atoms with van der Waals surface area (Å²) in [6.45, 7) is 0. The number of rotatable bonds is 6. The Morgan fingerprint density at radius 2 is 0.781 bits per heavy atom. The first-order chi connectivity index (χ1) is 36.2. The van der Waals surface area contributed by atoms with Crippen LogP contribution >= 0.6 is 11.3 Å². The molecule has 0 fully saturated rings. The lowest BCUT2D eigenvalue weighted by Crippen LogP contribution is -1.97. The lowest BCUT2D eigenvalue weighted by Gasteiger charge is -2.12. The lowest BCUT2D eigenvalue weighted by atomic mass is 10.1. The second kappa shape index (κ2) is 15.3. The number of hydrogen-bond acceptors (Lipinski definition) is 7. The first kappa shape index (κ1) is 39.9. The van der Waals surface area contributed by atoms with Crippen molar-refractivity contribution in [2.75, 3.05) is 0 Å². The monoisotopic (exact) mass is 952 g/mol. The minimum absolute atomic E-state index is 0.906. The zero-order valence-corrected chi connectivity index (χ0v) is 39.5. The molecule has 16 aromatic rings. The average molecular weight is 953 g/mol. The van der Waals surface area contributed by atoms with Crippen LogP contribution in [-0.2, 0) is 0 Å². The van der Waals surface area contributed by atoms with Crippen LogP contribution in [0.5, 0.6) is 0 Å². The second-order valence-electron chi connectivity index (χ2n) is 18.5. The predicted molar refractivity (Wildman–Crippen MR) is 297 cm³/mol. The van der Waals surface area contributed by atoms with Gasteiger partial charge < -0.3 is 9.13 Å². The van der Waals surface area contributed by atoms with E-state index in [1.165, 1.54) is 10.1 Å². The summed E-state index contributed by atoms with van der Waals surface area (Å²) < 4.78 is 10.5. The van der Waals surface area contributed by atoms with Gasteiger partial charge in [0.05, 0.1) is 50.2 Å². The van der Waals surface area contributed by atoms with Gasteiger partial charge in [0.15, 0.2) is 0 Å². The van der Waals surface area contributed by atoms with E-state index < -0.39 is 0 Å². The summed E-state index contributed by atoms with van der Waals surface area (Å²) in [5, 5.41) is 12.3. The Labute approximate surface area is 419 Å². The highest BCUT2D eigenvalue weighted by molar-refractivity contribution is 7.17. The Balaban J connectivity index is 0.844. The minimum Gasteiger partial charge on any atom is -0.309 e. The van der Waals surface area contributed by atoms with Crippen LogP contribution in [0.25, 0.3) is 143 Å². The van der Waals surface area contributed by atoms with Crippen LogP contribution in [0, 0.1) is 0 Å². The van der Waals surface area contributed by atoms with E-state index in [4.69, 9.17) is 9.97 Å². The van der Waals surface area contributed by atoms with E-state index in [0.717, 1.165) is 133 Å². The Kier molecular flexibility index (Phi) is 8.39. The van der Waals surface area contributed by atoms with Gasteiger partial charge in [0, 0.05) is 136 Å². The third-order valence-corrected chi connectivity index (χ3v) is 15.6. The summed E-state index contributed by atoms with van der Waals surface area (Å²) in [6.07, 6.45) is 15.2. The van der Waals surface area contributed by atoms with Gasteiger partial charge in [-0.25, -0.2) is 9.97 Å². The van der Waals surface area contributed by atoms with Gasteiger partial charge in [-0.05, 0) is 140 Å². The molecule has 0 saturated heterocycles. The van der Waals surface area contributed by atoms with Crippen molar-refractivity contribution >= 4 is 109 Å². The molecule has 0 saturated carbocycles. The number of pyridine rings is 6. The molecule has 73 heavy (non-hydrogen) atoms. The average Bonchev–Trinajstić information content (AvgIpc) is 4.27. The SMILES string of the molecule is c1ccc(-c2ccc3c(c2)c2cccnc2n3-c2ccc3c(c2)c2cnccc2n3-c2ccc3scc(-n4c5ccncc5c5cc(-n6c7ccc(-c8ccccn8)cc7c7cccnc76)ccc54)c3c2)nc1. The maximum Gasteiger partial charge on any atom is 0.145 e. The summed E-state index contributed by atoms with van der Waals surface area (Å²) in [4.78, 5) is 28.5. The molecule has 16 rings (SSSR count). The summed E-state index contributed by atoms with van der Waals surface area (Å²) in [5.41, 5.74) is 16.6. The van der Waals surface area contributed by atoms with Crippen molar-refractivity contribution in [3.8, 4) is 45.3 Å².